The number of anilines is 1. The van der Waals surface area contributed by atoms with Crippen LogP contribution in [-0.2, 0) is 0 Å². The molecule has 0 spiro atoms. The Bertz CT molecular complexity index is 791. The number of fused-ring (bicyclic) bond motifs is 1. The van der Waals surface area contributed by atoms with Crippen molar-refractivity contribution in [3.05, 3.63) is 107 Å². The Kier molecular flexibility index (Phi) is 2.82. The van der Waals surface area contributed by atoms with Crippen molar-refractivity contribution in [1.29, 1.82) is 0 Å². The van der Waals surface area contributed by atoms with Crippen LogP contribution in [0.2, 0.25) is 0 Å². The van der Waals surface area contributed by atoms with Crippen molar-refractivity contribution in [1.82, 2.24) is 0 Å². The molecule has 0 aromatic heterocycles. The van der Waals surface area contributed by atoms with Gasteiger partial charge in [0.25, 0.3) is 0 Å². The lowest BCUT2D eigenvalue weighted by Gasteiger charge is -2.22. The summed E-state index contributed by atoms with van der Waals surface area (Å²) in [4.78, 5) is 0. The van der Waals surface area contributed by atoms with E-state index in [1.165, 1.54) is 22.3 Å². The average molecular weight is 269 g/mol. The molecule has 0 saturated carbocycles. The number of para-hydroxylation sites is 1. The van der Waals surface area contributed by atoms with E-state index in [1.807, 2.05) is 0 Å². The normalized spacial score (nSPS) is 15.7. The van der Waals surface area contributed by atoms with Crippen molar-refractivity contribution in [2.45, 2.75) is 0 Å². The Balaban J connectivity index is 1.93. The molecule has 0 fully saturated rings. The van der Waals surface area contributed by atoms with Crippen molar-refractivity contribution >= 4 is 11.3 Å². The maximum Gasteiger partial charge on any atom is 0.0464 e. The van der Waals surface area contributed by atoms with Crippen LogP contribution in [0.15, 0.2) is 96.2 Å². The lowest BCUT2D eigenvalue weighted by molar-refractivity contribution is 1.37. The second-order valence-corrected chi connectivity index (χ2v) is 5.18. The Morgan fingerprint density at radius 1 is 0.714 bits per heavy atom. The monoisotopic (exact) mass is 269 g/mol. The summed E-state index contributed by atoms with van der Waals surface area (Å²) in [5, 5.41) is 3.54. The first-order valence-corrected chi connectivity index (χ1v) is 7.14. The molecule has 1 heteroatoms. The minimum atomic E-state index is 1.15. The summed E-state index contributed by atoms with van der Waals surface area (Å²) in [5.74, 6) is 0. The van der Waals surface area contributed by atoms with Crippen LogP contribution in [0.1, 0.15) is 11.1 Å². The first kappa shape index (κ1) is 12.0. The van der Waals surface area contributed by atoms with Gasteiger partial charge in [-0.15, -0.1) is 0 Å². The van der Waals surface area contributed by atoms with Gasteiger partial charge in [-0.3, -0.25) is 0 Å². The van der Waals surface area contributed by atoms with Crippen LogP contribution in [0, 0.1) is 0 Å². The van der Waals surface area contributed by atoms with Gasteiger partial charge < -0.3 is 5.32 Å². The molecule has 0 atom stereocenters. The van der Waals surface area contributed by atoms with Crippen molar-refractivity contribution in [2.75, 3.05) is 5.32 Å². The fourth-order valence-corrected chi connectivity index (χ4v) is 2.80. The number of allylic oxidation sites excluding steroid dienone is 6. The van der Waals surface area contributed by atoms with Gasteiger partial charge in [-0.05, 0) is 28.9 Å². The van der Waals surface area contributed by atoms with Crippen molar-refractivity contribution < 1.29 is 0 Å². The van der Waals surface area contributed by atoms with Crippen LogP contribution in [-0.4, -0.2) is 0 Å². The molecule has 0 saturated heterocycles. The highest BCUT2D eigenvalue weighted by Crippen LogP contribution is 2.36. The highest BCUT2D eigenvalue weighted by Gasteiger charge is 2.17. The number of hydrogen-bond acceptors (Lipinski definition) is 1. The minimum absolute atomic E-state index is 1.15. The summed E-state index contributed by atoms with van der Waals surface area (Å²) in [6.07, 6.45) is 10.7. The molecule has 2 aliphatic rings. The van der Waals surface area contributed by atoms with E-state index in [1.54, 1.807) is 0 Å². The maximum atomic E-state index is 3.54. The predicted octanol–water partition coefficient (Wildman–Crippen LogP) is 4.92. The van der Waals surface area contributed by atoms with E-state index < -0.39 is 0 Å². The predicted molar refractivity (Wildman–Crippen MR) is 88.9 cm³/mol. The van der Waals surface area contributed by atoms with E-state index in [-0.39, 0.29) is 0 Å². The van der Waals surface area contributed by atoms with Gasteiger partial charge in [0.1, 0.15) is 0 Å². The number of rotatable bonds is 1. The van der Waals surface area contributed by atoms with Crippen LogP contribution < -0.4 is 5.32 Å². The molecule has 1 heterocycles. The van der Waals surface area contributed by atoms with Gasteiger partial charge >= 0.3 is 0 Å². The topological polar surface area (TPSA) is 12.0 Å². The molecule has 2 aromatic rings. The molecule has 4 rings (SSSR count). The molecule has 1 aliphatic heterocycles. The zero-order valence-electron chi connectivity index (χ0n) is 11.6. The second-order valence-electron chi connectivity index (χ2n) is 5.18. The van der Waals surface area contributed by atoms with Gasteiger partial charge in [0.2, 0.25) is 0 Å². The van der Waals surface area contributed by atoms with Crippen LogP contribution in [0.4, 0.5) is 5.69 Å². The summed E-state index contributed by atoms with van der Waals surface area (Å²) in [6, 6.07) is 19.0. The Hall–Kier alpha value is -2.80. The van der Waals surface area contributed by atoms with Gasteiger partial charge in [0, 0.05) is 16.9 Å². The Labute approximate surface area is 124 Å². The largest absolute Gasteiger partial charge is 0.355 e. The highest BCUT2D eigenvalue weighted by molar-refractivity contribution is 5.91. The zero-order valence-corrected chi connectivity index (χ0v) is 11.6. The van der Waals surface area contributed by atoms with E-state index >= 15 is 0 Å². The third kappa shape index (κ3) is 2.13. The molecular formula is C20H15N. The van der Waals surface area contributed by atoms with Crippen LogP contribution in [0.5, 0.6) is 0 Å². The molecule has 100 valence electrons. The van der Waals surface area contributed by atoms with Gasteiger partial charge in [0.15, 0.2) is 0 Å². The molecule has 1 N–H and O–H groups in total. The molecule has 1 nitrogen and oxygen atoms in total. The van der Waals surface area contributed by atoms with Gasteiger partial charge in [0.05, 0.1) is 0 Å². The zero-order chi connectivity index (χ0) is 14.1. The SMILES string of the molecule is C1=CC(=C2C=C(c3ccccc3)c3ccccc3N2)C=C1. The smallest absolute Gasteiger partial charge is 0.0464 e. The fraction of sp³-hybridized carbons (Fsp3) is 0. The quantitative estimate of drug-likeness (QED) is 0.774. The number of benzene rings is 2. The third-order valence-corrected chi connectivity index (χ3v) is 3.83. The minimum Gasteiger partial charge on any atom is -0.355 e. The summed E-state index contributed by atoms with van der Waals surface area (Å²) < 4.78 is 0. The lowest BCUT2D eigenvalue weighted by atomic mass is 9.92. The summed E-state index contributed by atoms with van der Waals surface area (Å²) in [7, 11) is 0. The molecule has 2 aromatic carbocycles. The van der Waals surface area contributed by atoms with E-state index in [0.29, 0.717) is 0 Å². The molecule has 1 aliphatic carbocycles. The average Bonchev–Trinajstić information content (AvgIpc) is 3.09. The molecule has 0 radical (unpaired) electrons. The van der Waals surface area contributed by atoms with Gasteiger partial charge in [-0.25, -0.2) is 0 Å². The number of nitrogens with one attached hydrogen (secondary N) is 1. The number of hydrogen-bond donors (Lipinski definition) is 1. The first-order valence-electron chi connectivity index (χ1n) is 7.14. The molecule has 0 amide bonds. The van der Waals surface area contributed by atoms with E-state index in [4.69, 9.17) is 0 Å². The summed E-state index contributed by atoms with van der Waals surface area (Å²) >= 11 is 0. The third-order valence-electron chi connectivity index (χ3n) is 3.83. The summed E-state index contributed by atoms with van der Waals surface area (Å²) in [6.45, 7) is 0. The van der Waals surface area contributed by atoms with Gasteiger partial charge in [-0.2, -0.15) is 0 Å². The lowest BCUT2D eigenvalue weighted by Crippen LogP contribution is -2.08. The van der Waals surface area contributed by atoms with Crippen molar-refractivity contribution in [3.8, 4) is 0 Å². The van der Waals surface area contributed by atoms with Crippen LogP contribution >= 0.6 is 0 Å². The highest BCUT2D eigenvalue weighted by atomic mass is 14.9. The Morgan fingerprint density at radius 3 is 2.24 bits per heavy atom. The van der Waals surface area contributed by atoms with E-state index in [9.17, 15) is 0 Å². The summed E-state index contributed by atoms with van der Waals surface area (Å²) in [5.41, 5.74) is 7.29. The molecule has 0 unspecified atom stereocenters. The van der Waals surface area contributed by atoms with Gasteiger partial charge in [-0.1, -0.05) is 72.8 Å². The first-order chi connectivity index (χ1) is 10.4. The Morgan fingerprint density at radius 2 is 1.43 bits per heavy atom. The van der Waals surface area contributed by atoms with E-state index in [2.05, 4.69) is 90.3 Å². The van der Waals surface area contributed by atoms with Crippen LogP contribution in [0.3, 0.4) is 0 Å². The van der Waals surface area contributed by atoms with Crippen LogP contribution in [0.25, 0.3) is 5.57 Å². The van der Waals surface area contributed by atoms with E-state index in [0.717, 1.165) is 11.4 Å². The molecule has 0 bridgehead atoms. The fourth-order valence-electron chi connectivity index (χ4n) is 2.80. The molecule has 21 heavy (non-hydrogen) atoms. The standard InChI is InChI=1S/C20H15N/c1-2-8-15(9-3-1)18-14-20(16-10-4-5-11-16)21-19-13-7-6-12-17(18)19/h1-14,21H. The molecular weight excluding hydrogens is 254 g/mol. The second kappa shape index (κ2) is 4.95. The maximum absolute atomic E-state index is 3.54. The van der Waals surface area contributed by atoms with Crippen molar-refractivity contribution in [3.63, 3.8) is 0 Å². The van der Waals surface area contributed by atoms with Crippen molar-refractivity contribution in [2.24, 2.45) is 0 Å².